The number of rotatable bonds is 4. The van der Waals surface area contributed by atoms with Gasteiger partial charge in [0.1, 0.15) is 12.4 Å². The van der Waals surface area contributed by atoms with Gasteiger partial charge in [0.15, 0.2) is 5.78 Å². The molecule has 0 aromatic heterocycles. The Hall–Kier alpha value is -1.35. The van der Waals surface area contributed by atoms with Crippen molar-refractivity contribution in [1.29, 1.82) is 0 Å². The molecule has 0 amide bonds. The van der Waals surface area contributed by atoms with E-state index in [2.05, 4.69) is 0 Å². The summed E-state index contributed by atoms with van der Waals surface area (Å²) < 4.78 is 5.49. The van der Waals surface area contributed by atoms with Crippen LogP contribution in [0, 0.1) is 0 Å². The topological polar surface area (TPSA) is 46.5 Å². The third-order valence-electron chi connectivity index (χ3n) is 3.05. The molecule has 0 spiro atoms. The molecular formula is C13H16O3. The number of aliphatic hydroxyl groups is 1. The van der Waals surface area contributed by atoms with E-state index in [1.165, 1.54) is 6.92 Å². The predicted octanol–water partition coefficient (Wildman–Crippen LogP) is 2.18. The van der Waals surface area contributed by atoms with Crippen LogP contribution < -0.4 is 4.74 Å². The standard InChI is InChI=1S/C13H16O3/c1-10(14)11-3-5-12(6-4-11)16-9-13(15)7-2-8-13/h3-6,15H,2,7-9H2,1H3. The maximum absolute atomic E-state index is 11.0. The van der Waals surface area contributed by atoms with E-state index in [-0.39, 0.29) is 5.78 Å². The van der Waals surface area contributed by atoms with E-state index in [1.54, 1.807) is 24.3 Å². The van der Waals surface area contributed by atoms with Crippen molar-refractivity contribution in [2.45, 2.75) is 31.8 Å². The van der Waals surface area contributed by atoms with Gasteiger partial charge < -0.3 is 9.84 Å². The molecule has 1 aliphatic rings. The largest absolute Gasteiger partial charge is 0.491 e. The number of Topliss-reactive ketones (excluding diaryl/α,β-unsaturated/α-hetero) is 1. The zero-order valence-corrected chi connectivity index (χ0v) is 9.40. The molecule has 3 heteroatoms. The zero-order chi connectivity index (χ0) is 11.6. The molecule has 1 aromatic carbocycles. The normalized spacial score (nSPS) is 17.6. The van der Waals surface area contributed by atoms with E-state index in [1.807, 2.05) is 0 Å². The average Bonchev–Trinajstić information content (AvgIpc) is 2.24. The van der Waals surface area contributed by atoms with Crippen LogP contribution in [-0.2, 0) is 0 Å². The fraction of sp³-hybridized carbons (Fsp3) is 0.462. The van der Waals surface area contributed by atoms with Gasteiger partial charge in [0.05, 0.1) is 5.60 Å². The Morgan fingerprint density at radius 2 is 2.00 bits per heavy atom. The molecule has 86 valence electrons. The molecule has 0 saturated heterocycles. The van der Waals surface area contributed by atoms with Gasteiger partial charge in [-0.1, -0.05) is 0 Å². The molecule has 1 aliphatic carbocycles. The Morgan fingerprint density at radius 3 is 2.44 bits per heavy atom. The quantitative estimate of drug-likeness (QED) is 0.791. The summed E-state index contributed by atoms with van der Waals surface area (Å²) in [5, 5.41) is 9.84. The van der Waals surface area contributed by atoms with Crippen LogP contribution in [0.4, 0.5) is 0 Å². The lowest BCUT2D eigenvalue weighted by atomic mass is 9.81. The molecule has 1 fully saturated rings. The lowest BCUT2D eigenvalue weighted by Crippen LogP contribution is -2.42. The van der Waals surface area contributed by atoms with Crippen LogP contribution in [0.25, 0.3) is 0 Å². The Kier molecular flexibility index (Phi) is 2.97. The highest BCUT2D eigenvalue weighted by atomic mass is 16.5. The molecule has 1 aromatic rings. The van der Waals surface area contributed by atoms with E-state index in [9.17, 15) is 9.90 Å². The van der Waals surface area contributed by atoms with Gasteiger partial charge in [0, 0.05) is 5.56 Å². The van der Waals surface area contributed by atoms with Crippen molar-refractivity contribution in [2.24, 2.45) is 0 Å². The highest BCUT2D eigenvalue weighted by Crippen LogP contribution is 2.32. The van der Waals surface area contributed by atoms with Crippen LogP contribution in [0.1, 0.15) is 36.5 Å². The Morgan fingerprint density at radius 1 is 1.38 bits per heavy atom. The lowest BCUT2D eigenvalue weighted by Gasteiger charge is -2.35. The minimum Gasteiger partial charge on any atom is -0.491 e. The van der Waals surface area contributed by atoms with Gasteiger partial charge in [0.25, 0.3) is 0 Å². The van der Waals surface area contributed by atoms with E-state index in [4.69, 9.17) is 4.74 Å². The first-order valence-corrected chi connectivity index (χ1v) is 5.55. The number of hydrogen-bond donors (Lipinski definition) is 1. The second kappa shape index (κ2) is 4.26. The van der Waals surface area contributed by atoms with Gasteiger partial charge in [-0.3, -0.25) is 4.79 Å². The Bertz CT molecular complexity index is 377. The minimum atomic E-state index is -0.626. The first kappa shape index (κ1) is 11.1. The molecule has 0 bridgehead atoms. The molecule has 2 rings (SSSR count). The molecule has 0 heterocycles. The van der Waals surface area contributed by atoms with E-state index in [0.29, 0.717) is 17.9 Å². The number of carbonyl (C=O) groups is 1. The molecule has 1 saturated carbocycles. The van der Waals surface area contributed by atoms with Crippen molar-refractivity contribution in [3.63, 3.8) is 0 Å². The fourth-order valence-electron chi connectivity index (χ4n) is 1.73. The number of ketones is 1. The summed E-state index contributed by atoms with van der Waals surface area (Å²) in [6.45, 7) is 1.87. The third-order valence-corrected chi connectivity index (χ3v) is 3.05. The number of benzene rings is 1. The van der Waals surface area contributed by atoms with Crippen molar-refractivity contribution < 1.29 is 14.6 Å². The van der Waals surface area contributed by atoms with Crippen molar-refractivity contribution in [3.05, 3.63) is 29.8 Å². The zero-order valence-electron chi connectivity index (χ0n) is 9.40. The van der Waals surface area contributed by atoms with E-state index in [0.717, 1.165) is 19.3 Å². The summed E-state index contributed by atoms with van der Waals surface area (Å²) in [6.07, 6.45) is 2.71. The van der Waals surface area contributed by atoms with Gasteiger partial charge >= 0.3 is 0 Å². The molecule has 0 aliphatic heterocycles. The number of ether oxygens (including phenoxy) is 1. The molecule has 0 radical (unpaired) electrons. The first-order chi connectivity index (χ1) is 7.59. The maximum atomic E-state index is 11.0. The van der Waals surface area contributed by atoms with Gasteiger partial charge in [-0.2, -0.15) is 0 Å². The fourth-order valence-corrected chi connectivity index (χ4v) is 1.73. The van der Waals surface area contributed by atoms with Crippen LogP contribution in [0.2, 0.25) is 0 Å². The van der Waals surface area contributed by atoms with Gasteiger partial charge in [-0.05, 0) is 50.5 Å². The summed E-state index contributed by atoms with van der Waals surface area (Å²) in [4.78, 5) is 11.0. The summed E-state index contributed by atoms with van der Waals surface area (Å²) in [5.74, 6) is 0.745. The Labute approximate surface area is 95.0 Å². The predicted molar refractivity (Wildman–Crippen MR) is 60.7 cm³/mol. The van der Waals surface area contributed by atoms with Crippen LogP contribution in [-0.4, -0.2) is 23.1 Å². The maximum Gasteiger partial charge on any atom is 0.159 e. The SMILES string of the molecule is CC(=O)c1ccc(OCC2(O)CCC2)cc1. The molecule has 0 atom stereocenters. The Balaban J connectivity index is 1.92. The third kappa shape index (κ3) is 2.42. The second-order valence-electron chi connectivity index (χ2n) is 4.45. The summed E-state index contributed by atoms with van der Waals surface area (Å²) in [5.41, 5.74) is 0.0499. The highest BCUT2D eigenvalue weighted by Gasteiger charge is 2.35. The van der Waals surface area contributed by atoms with Crippen molar-refractivity contribution in [1.82, 2.24) is 0 Å². The number of hydrogen-bond acceptors (Lipinski definition) is 3. The molecule has 3 nitrogen and oxygen atoms in total. The molecular weight excluding hydrogens is 204 g/mol. The number of carbonyl (C=O) groups excluding carboxylic acids is 1. The lowest BCUT2D eigenvalue weighted by molar-refractivity contribution is -0.0663. The van der Waals surface area contributed by atoms with Crippen LogP contribution in [0.3, 0.4) is 0 Å². The van der Waals surface area contributed by atoms with E-state index < -0.39 is 5.60 Å². The average molecular weight is 220 g/mol. The monoisotopic (exact) mass is 220 g/mol. The summed E-state index contributed by atoms with van der Waals surface area (Å²) in [7, 11) is 0. The van der Waals surface area contributed by atoms with Gasteiger partial charge in [0.2, 0.25) is 0 Å². The van der Waals surface area contributed by atoms with Gasteiger partial charge in [-0.25, -0.2) is 0 Å². The van der Waals surface area contributed by atoms with Gasteiger partial charge in [-0.15, -0.1) is 0 Å². The van der Waals surface area contributed by atoms with Crippen molar-refractivity contribution >= 4 is 5.78 Å². The summed E-state index contributed by atoms with van der Waals surface area (Å²) >= 11 is 0. The molecule has 0 unspecified atom stereocenters. The molecule has 16 heavy (non-hydrogen) atoms. The molecule has 1 N–H and O–H groups in total. The van der Waals surface area contributed by atoms with Crippen LogP contribution in [0.5, 0.6) is 5.75 Å². The smallest absolute Gasteiger partial charge is 0.159 e. The van der Waals surface area contributed by atoms with Crippen LogP contribution in [0.15, 0.2) is 24.3 Å². The first-order valence-electron chi connectivity index (χ1n) is 5.55. The second-order valence-corrected chi connectivity index (χ2v) is 4.45. The van der Waals surface area contributed by atoms with Crippen molar-refractivity contribution in [2.75, 3.05) is 6.61 Å². The van der Waals surface area contributed by atoms with Crippen molar-refractivity contribution in [3.8, 4) is 5.75 Å². The van der Waals surface area contributed by atoms with E-state index >= 15 is 0 Å². The highest BCUT2D eigenvalue weighted by molar-refractivity contribution is 5.94. The van der Waals surface area contributed by atoms with Crippen LogP contribution >= 0.6 is 0 Å². The minimum absolute atomic E-state index is 0.0455. The summed E-state index contributed by atoms with van der Waals surface area (Å²) in [6, 6.07) is 7.00.